The molecule has 1 aliphatic rings. The number of nitrogens with one attached hydrogen (secondary N) is 2. The van der Waals surface area contributed by atoms with Gasteiger partial charge in [0.2, 0.25) is 15.9 Å². The molecule has 1 atom stereocenters. The van der Waals surface area contributed by atoms with E-state index in [0.29, 0.717) is 18.5 Å². The van der Waals surface area contributed by atoms with Gasteiger partial charge in [0.1, 0.15) is 0 Å². The molecule has 1 aliphatic heterocycles. The standard InChI is InChI=1S/C17H25N3O4S/c1-12-7-13(2)9-14(8-12)17(22)18-10-16(21)19-15-5-4-6-20(11-15)25(3,23)24/h7-9,15H,4-6,10-11H2,1-3H3,(H,18,22)(H,19,21). The molecule has 0 radical (unpaired) electrons. The topological polar surface area (TPSA) is 95.6 Å². The van der Waals surface area contributed by atoms with Crippen LogP contribution in [0.5, 0.6) is 0 Å². The van der Waals surface area contributed by atoms with Crippen molar-refractivity contribution in [1.29, 1.82) is 0 Å². The van der Waals surface area contributed by atoms with E-state index in [2.05, 4.69) is 10.6 Å². The minimum absolute atomic E-state index is 0.138. The van der Waals surface area contributed by atoms with Crippen LogP contribution in [0.2, 0.25) is 0 Å². The second-order valence-electron chi connectivity index (χ2n) is 6.59. The lowest BCUT2D eigenvalue weighted by Crippen LogP contribution is -2.51. The van der Waals surface area contributed by atoms with Gasteiger partial charge in [-0.25, -0.2) is 12.7 Å². The van der Waals surface area contributed by atoms with Gasteiger partial charge in [-0.2, -0.15) is 0 Å². The highest BCUT2D eigenvalue weighted by atomic mass is 32.2. The summed E-state index contributed by atoms with van der Waals surface area (Å²) < 4.78 is 24.6. The van der Waals surface area contributed by atoms with Crippen LogP contribution in [0, 0.1) is 13.8 Å². The van der Waals surface area contributed by atoms with Crippen molar-refractivity contribution in [3.63, 3.8) is 0 Å². The van der Waals surface area contributed by atoms with Crippen molar-refractivity contribution in [3.05, 3.63) is 34.9 Å². The second-order valence-corrected chi connectivity index (χ2v) is 8.57. The minimum Gasteiger partial charge on any atom is -0.351 e. The van der Waals surface area contributed by atoms with E-state index in [1.807, 2.05) is 19.9 Å². The molecule has 0 bridgehead atoms. The zero-order valence-electron chi connectivity index (χ0n) is 14.8. The SMILES string of the molecule is Cc1cc(C)cc(C(=O)NCC(=O)NC2CCCN(S(C)(=O)=O)C2)c1. The lowest BCUT2D eigenvalue weighted by atomic mass is 10.1. The molecule has 0 saturated carbocycles. The van der Waals surface area contributed by atoms with Gasteiger partial charge in [-0.1, -0.05) is 17.2 Å². The number of hydrogen-bond donors (Lipinski definition) is 2. The van der Waals surface area contributed by atoms with Gasteiger partial charge < -0.3 is 10.6 Å². The fraction of sp³-hybridized carbons (Fsp3) is 0.529. The largest absolute Gasteiger partial charge is 0.351 e. The number of amides is 2. The molecule has 0 aliphatic carbocycles. The lowest BCUT2D eigenvalue weighted by Gasteiger charge is -2.31. The molecule has 1 heterocycles. The third kappa shape index (κ3) is 5.82. The van der Waals surface area contributed by atoms with E-state index >= 15 is 0 Å². The zero-order chi connectivity index (χ0) is 18.6. The van der Waals surface area contributed by atoms with Gasteiger partial charge in [0.05, 0.1) is 12.8 Å². The van der Waals surface area contributed by atoms with Crippen molar-refractivity contribution < 1.29 is 18.0 Å². The molecule has 1 fully saturated rings. The number of nitrogens with zero attached hydrogens (tertiary/aromatic N) is 1. The Labute approximate surface area is 148 Å². The first-order chi connectivity index (χ1) is 11.6. The number of carbonyl (C=O) groups is 2. The molecule has 1 unspecified atom stereocenters. The number of carbonyl (C=O) groups excluding carboxylic acids is 2. The fourth-order valence-electron chi connectivity index (χ4n) is 3.01. The van der Waals surface area contributed by atoms with Crippen molar-refractivity contribution in [1.82, 2.24) is 14.9 Å². The highest BCUT2D eigenvalue weighted by molar-refractivity contribution is 7.88. The third-order valence-corrected chi connectivity index (χ3v) is 5.38. The van der Waals surface area contributed by atoms with Crippen LogP contribution in [0.25, 0.3) is 0 Å². The quantitative estimate of drug-likeness (QED) is 0.795. The number of hydrogen-bond acceptors (Lipinski definition) is 4. The van der Waals surface area contributed by atoms with Crippen molar-refractivity contribution in [2.45, 2.75) is 32.7 Å². The third-order valence-electron chi connectivity index (χ3n) is 4.11. The summed E-state index contributed by atoms with van der Waals surface area (Å²) >= 11 is 0. The zero-order valence-corrected chi connectivity index (χ0v) is 15.6. The monoisotopic (exact) mass is 367 g/mol. The summed E-state index contributed by atoms with van der Waals surface area (Å²) in [6.45, 7) is 4.44. The molecule has 1 saturated heterocycles. The summed E-state index contributed by atoms with van der Waals surface area (Å²) in [6, 6.07) is 5.28. The van der Waals surface area contributed by atoms with E-state index in [1.165, 1.54) is 10.6 Å². The molecule has 7 nitrogen and oxygen atoms in total. The summed E-state index contributed by atoms with van der Waals surface area (Å²) in [5, 5.41) is 5.39. The van der Waals surface area contributed by atoms with E-state index < -0.39 is 10.0 Å². The molecule has 2 amide bonds. The normalized spacial score (nSPS) is 18.6. The Balaban J connectivity index is 1.85. The van der Waals surface area contributed by atoms with Crippen molar-refractivity contribution >= 4 is 21.8 Å². The summed E-state index contributed by atoms with van der Waals surface area (Å²) in [5.74, 6) is -0.624. The highest BCUT2D eigenvalue weighted by Crippen LogP contribution is 2.13. The van der Waals surface area contributed by atoms with Crippen LogP contribution in [0.15, 0.2) is 18.2 Å². The van der Waals surface area contributed by atoms with Crippen LogP contribution in [0.4, 0.5) is 0 Å². The molecule has 0 aromatic heterocycles. The number of sulfonamides is 1. The van der Waals surface area contributed by atoms with Gasteiger partial charge in [0, 0.05) is 24.7 Å². The number of rotatable bonds is 5. The summed E-state index contributed by atoms with van der Waals surface area (Å²) in [5.41, 5.74) is 2.49. The number of piperidine rings is 1. The molecule has 2 rings (SSSR count). The Hall–Kier alpha value is -1.93. The van der Waals surface area contributed by atoms with Gasteiger partial charge in [-0.05, 0) is 38.8 Å². The van der Waals surface area contributed by atoms with Crippen LogP contribution in [-0.2, 0) is 14.8 Å². The number of benzene rings is 1. The van der Waals surface area contributed by atoms with Crippen LogP contribution in [0.3, 0.4) is 0 Å². The maximum Gasteiger partial charge on any atom is 0.251 e. The fourth-order valence-corrected chi connectivity index (χ4v) is 3.92. The maximum absolute atomic E-state index is 12.2. The molecule has 25 heavy (non-hydrogen) atoms. The minimum atomic E-state index is -3.25. The van der Waals surface area contributed by atoms with E-state index in [4.69, 9.17) is 0 Å². The van der Waals surface area contributed by atoms with Gasteiger partial charge in [-0.3, -0.25) is 9.59 Å². The molecule has 1 aromatic carbocycles. The van der Waals surface area contributed by atoms with Crippen LogP contribution < -0.4 is 10.6 Å². The van der Waals surface area contributed by atoms with Gasteiger partial charge >= 0.3 is 0 Å². The van der Waals surface area contributed by atoms with E-state index in [0.717, 1.165) is 17.5 Å². The Kier molecular flexibility index (Phi) is 6.18. The first-order valence-corrected chi connectivity index (χ1v) is 10.1. The Morgan fingerprint density at radius 2 is 1.84 bits per heavy atom. The molecule has 1 aromatic rings. The second kappa shape index (κ2) is 7.97. The van der Waals surface area contributed by atoms with Gasteiger partial charge in [0.15, 0.2) is 0 Å². The molecular weight excluding hydrogens is 342 g/mol. The van der Waals surface area contributed by atoms with Gasteiger partial charge in [0.25, 0.3) is 5.91 Å². The average Bonchev–Trinajstić information content (AvgIpc) is 2.51. The maximum atomic E-state index is 12.2. The molecular formula is C17H25N3O4S. The van der Waals surface area contributed by atoms with Crippen molar-refractivity contribution in [2.75, 3.05) is 25.9 Å². The first-order valence-electron chi connectivity index (χ1n) is 8.26. The highest BCUT2D eigenvalue weighted by Gasteiger charge is 2.26. The van der Waals surface area contributed by atoms with Gasteiger partial charge in [-0.15, -0.1) is 0 Å². The summed E-state index contributed by atoms with van der Waals surface area (Å²) in [6.07, 6.45) is 2.59. The summed E-state index contributed by atoms with van der Waals surface area (Å²) in [4.78, 5) is 24.2. The molecule has 8 heteroatoms. The summed E-state index contributed by atoms with van der Waals surface area (Å²) in [7, 11) is -3.25. The Morgan fingerprint density at radius 1 is 1.20 bits per heavy atom. The van der Waals surface area contributed by atoms with Crippen LogP contribution in [-0.4, -0.2) is 56.5 Å². The van der Waals surface area contributed by atoms with E-state index in [1.54, 1.807) is 12.1 Å². The lowest BCUT2D eigenvalue weighted by molar-refractivity contribution is -0.121. The van der Waals surface area contributed by atoms with Crippen LogP contribution in [0.1, 0.15) is 34.3 Å². The van der Waals surface area contributed by atoms with E-state index in [-0.39, 0.29) is 30.9 Å². The van der Waals surface area contributed by atoms with Crippen LogP contribution >= 0.6 is 0 Å². The Morgan fingerprint density at radius 3 is 2.44 bits per heavy atom. The van der Waals surface area contributed by atoms with Crippen molar-refractivity contribution in [3.8, 4) is 0 Å². The smallest absolute Gasteiger partial charge is 0.251 e. The molecule has 0 spiro atoms. The predicted molar refractivity (Wildman–Crippen MR) is 95.8 cm³/mol. The molecule has 138 valence electrons. The Bertz CT molecular complexity index is 741. The average molecular weight is 367 g/mol. The predicted octanol–water partition coefficient (Wildman–Crippen LogP) is 0.573. The first kappa shape index (κ1) is 19.4. The van der Waals surface area contributed by atoms with E-state index in [9.17, 15) is 18.0 Å². The van der Waals surface area contributed by atoms with Crippen molar-refractivity contribution in [2.24, 2.45) is 0 Å². The number of aryl methyl sites for hydroxylation is 2. The molecule has 2 N–H and O–H groups in total.